The van der Waals surface area contributed by atoms with Gasteiger partial charge >= 0.3 is 0 Å². The molecule has 5 heteroatoms. The molecule has 0 saturated heterocycles. The third-order valence-electron chi connectivity index (χ3n) is 2.81. The Hall–Kier alpha value is -1.91. The van der Waals surface area contributed by atoms with Crippen LogP contribution in [0, 0.1) is 11.7 Å². The lowest BCUT2D eigenvalue weighted by molar-refractivity contribution is -0.127. The molecule has 2 amide bonds. The van der Waals surface area contributed by atoms with Crippen LogP contribution in [0.1, 0.15) is 25.8 Å². The van der Waals surface area contributed by atoms with Crippen molar-refractivity contribution < 1.29 is 14.0 Å². The molecular weight excluding hydrogens is 247 g/mol. The molecule has 4 nitrogen and oxygen atoms in total. The maximum absolute atomic E-state index is 13.0. The standard InChI is InChI=1S/C14H19FN2O2/c1-9(6-11-4-3-5-12(15)8-11)7-13(18)17-10(2)14(16)19/h3-5,8-10H,6-7H2,1-2H3,(H2,16,19)(H,17,18)/t9-,10+/m1/s1. The van der Waals surface area contributed by atoms with Crippen LogP contribution in [-0.2, 0) is 16.0 Å². The first kappa shape index (κ1) is 15.1. The minimum atomic E-state index is -0.672. The third kappa shape index (κ3) is 5.50. The van der Waals surface area contributed by atoms with Crippen molar-refractivity contribution in [3.05, 3.63) is 35.6 Å². The molecule has 2 atom stereocenters. The van der Waals surface area contributed by atoms with E-state index in [1.807, 2.05) is 13.0 Å². The van der Waals surface area contributed by atoms with Gasteiger partial charge in [-0.1, -0.05) is 19.1 Å². The first-order chi connectivity index (χ1) is 8.88. The lowest BCUT2D eigenvalue weighted by Crippen LogP contribution is -2.42. The molecule has 0 spiro atoms. The van der Waals surface area contributed by atoms with Crippen LogP contribution in [0.5, 0.6) is 0 Å². The van der Waals surface area contributed by atoms with Crippen LogP contribution >= 0.6 is 0 Å². The van der Waals surface area contributed by atoms with Crippen molar-refractivity contribution in [2.45, 2.75) is 32.7 Å². The van der Waals surface area contributed by atoms with Crippen molar-refractivity contribution in [1.29, 1.82) is 0 Å². The molecule has 104 valence electrons. The Labute approximate surface area is 112 Å². The highest BCUT2D eigenvalue weighted by Crippen LogP contribution is 2.13. The molecule has 1 aromatic carbocycles. The molecule has 0 aliphatic heterocycles. The predicted molar refractivity (Wildman–Crippen MR) is 70.7 cm³/mol. The maximum atomic E-state index is 13.0. The molecule has 0 aliphatic carbocycles. The van der Waals surface area contributed by atoms with Gasteiger partial charge in [0, 0.05) is 6.42 Å². The summed E-state index contributed by atoms with van der Waals surface area (Å²) in [6.45, 7) is 3.44. The largest absolute Gasteiger partial charge is 0.368 e. The van der Waals surface area contributed by atoms with E-state index in [1.165, 1.54) is 19.1 Å². The Morgan fingerprint density at radius 1 is 1.37 bits per heavy atom. The van der Waals surface area contributed by atoms with Gasteiger partial charge in [-0.05, 0) is 37.0 Å². The molecule has 3 N–H and O–H groups in total. The summed E-state index contributed by atoms with van der Waals surface area (Å²) in [5.74, 6) is -1.01. The smallest absolute Gasteiger partial charge is 0.239 e. The van der Waals surface area contributed by atoms with Gasteiger partial charge in [-0.2, -0.15) is 0 Å². The van der Waals surface area contributed by atoms with Gasteiger partial charge in [0.25, 0.3) is 0 Å². The zero-order chi connectivity index (χ0) is 14.4. The molecule has 1 aromatic rings. The number of hydrogen-bond acceptors (Lipinski definition) is 2. The number of carbonyl (C=O) groups excluding carboxylic acids is 2. The number of nitrogens with two attached hydrogens (primary N) is 1. The predicted octanol–water partition coefficient (Wildman–Crippen LogP) is 1.38. The van der Waals surface area contributed by atoms with Crippen LogP contribution in [0.3, 0.4) is 0 Å². The number of primary amides is 1. The first-order valence-corrected chi connectivity index (χ1v) is 6.21. The van der Waals surface area contributed by atoms with E-state index in [-0.39, 0.29) is 24.1 Å². The summed E-state index contributed by atoms with van der Waals surface area (Å²) >= 11 is 0. The fraction of sp³-hybridized carbons (Fsp3) is 0.429. The van der Waals surface area contributed by atoms with Gasteiger partial charge in [-0.25, -0.2) is 4.39 Å². The number of benzene rings is 1. The molecule has 0 saturated carbocycles. The van der Waals surface area contributed by atoms with Crippen molar-refractivity contribution in [2.75, 3.05) is 0 Å². The van der Waals surface area contributed by atoms with Crippen molar-refractivity contribution in [3.63, 3.8) is 0 Å². The van der Waals surface area contributed by atoms with E-state index < -0.39 is 11.9 Å². The number of halogens is 1. The van der Waals surface area contributed by atoms with E-state index in [0.717, 1.165) is 5.56 Å². The summed E-state index contributed by atoms with van der Waals surface area (Å²) in [6, 6.07) is 5.64. The minimum absolute atomic E-state index is 0.0573. The van der Waals surface area contributed by atoms with Crippen LogP contribution in [0.25, 0.3) is 0 Å². The topological polar surface area (TPSA) is 72.2 Å². The number of amides is 2. The highest BCUT2D eigenvalue weighted by atomic mass is 19.1. The van der Waals surface area contributed by atoms with E-state index in [9.17, 15) is 14.0 Å². The van der Waals surface area contributed by atoms with Gasteiger partial charge in [0.05, 0.1) is 0 Å². The van der Waals surface area contributed by atoms with Crippen LogP contribution in [0.4, 0.5) is 4.39 Å². The monoisotopic (exact) mass is 266 g/mol. The summed E-state index contributed by atoms with van der Waals surface area (Å²) in [5.41, 5.74) is 5.91. The summed E-state index contributed by atoms with van der Waals surface area (Å²) in [4.78, 5) is 22.4. The Bertz CT molecular complexity index is 463. The van der Waals surface area contributed by atoms with Crippen LogP contribution in [0.15, 0.2) is 24.3 Å². The van der Waals surface area contributed by atoms with Crippen molar-refractivity contribution in [1.82, 2.24) is 5.32 Å². The average Bonchev–Trinajstić information content (AvgIpc) is 2.27. The molecule has 0 fully saturated rings. The Balaban J connectivity index is 2.45. The first-order valence-electron chi connectivity index (χ1n) is 6.21. The summed E-state index contributed by atoms with van der Waals surface area (Å²) in [7, 11) is 0. The highest BCUT2D eigenvalue weighted by Gasteiger charge is 2.15. The number of carbonyl (C=O) groups is 2. The van der Waals surface area contributed by atoms with Crippen molar-refractivity contribution in [3.8, 4) is 0 Å². The molecule has 19 heavy (non-hydrogen) atoms. The van der Waals surface area contributed by atoms with Gasteiger partial charge < -0.3 is 11.1 Å². The lowest BCUT2D eigenvalue weighted by Gasteiger charge is -2.14. The summed E-state index contributed by atoms with van der Waals surface area (Å²) in [5, 5.41) is 2.52. The zero-order valence-corrected chi connectivity index (χ0v) is 11.2. The molecule has 0 radical (unpaired) electrons. The van der Waals surface area contributed by atoms with Gasteiger partial charge in [-0.3, -0.25) is 9.59 Å². The maximum Gasteiger partial charge on any atom is 0.239 e. The highest BCUT2D eigenvalue weighted by molar-refractivity contribution is 5.86. The molecule has 0 bridgehead atoms. The molecule has 1 rings (SSSR count). The van der Waals surface area contributed by atoms with Gasteiger partial charge in [0.1, 0.15) is 11.9 Å². The van der Waals surface area contributed by atoms with Gasteiger partial charge in [0.2, 0.25) is 11.8 Å². The SMILES string of the molecule is C[C@@H](CC(=O)N[C@@H](C)C(N)=O)Cc1cccc(F)c1. The number of rotatable bonds is 6. The zero-order valence-electron chi connectivity index (χ0n) is 11.2. The molecule has 0 heterocycles. The fourth-order valence-corrected chi connectivity index (χ4v) is 1.83. The Morgan fingerprint density at radius 2 is 2.05 bits per heavy atom. The van der Waals surface area contributed by atoms with E-state index in [1.54, 1.807) is 6.07 Å². The molecule has 0 unspecified atom stereocenters. The second kappa shape index (κ2) is 6.87. The normalized spacial score (nSPS) is 13.6. The second-order valence-corrected chi connectivity index (χ2v) is 4.83. The van der Waals surface area contributed by atoms with E-state index >= 15 is 0 Å². The fourth-order valence-electron chi connectivity index (χ4n) is 1.83. The van der Waals surface area contributed by atoms with E-state index in [0.29, 0.717) is 6.42 Å². The minimum Gasteiger partial charge on any atom is -0.368 e. The lowest BCUT2D eigenvalue weighted by atomic mass is 9.97. The average molecular weight is 266 g/mol. The van der Waals surface area contributed by atoms with E-state index in [2.05, 4.69) is 5.32 Å². The molecular formula is C14H19FN2O2. The summed E-state index contributed by atoms with van der Waals surface area (Å²) in [6.07, 6.45) is 0.879. The third-order valence-corrected chi connectivity index (χ3v) is 2.81. The molecule has 0 aromatic heterocycles. The quantitative estimate of drug-likeness (QED) is 0.816. The second-order valence-electron chi connectivity index (χ2n) is 4.83. The van der Waals surface area contributed by atoms with E-state index in [4.69, 9.17) is 5.73 Å². The van der Waals surface area contributed by atoms with Gasteiger partial charge in [0.15, 0.2) is 0 Å². The Morgan fingerprint density at radius 3 is 2.63 bits per heavy atom. The number of hydrogen-bond donors (Lipinski definition) is 2. The van der Waals surface area contributed by atoms with Crippen molar-refractivity contribution in [2.24, 2.45) is 11.7 Å². The Kier molecular flexibility index (Phi) is 5.48. The van der Waals surface area contributed by atoms with Crippen LogP contribution < -0.4 is 11.1 Å². The number of nitrogens with one attached hydrogen (secondary N) is 1. The van der Waals surface area contributed by atoms with Crippen LogP contribution in [-0.4, -0.2) is 17.9 Å². The summed E-state index contributed by atoms with van der Waals surface area (Å²) < 4.78 is 13.0. The van der Waals surface area contributed by atoms with Crippen LogP contribution in [0.2, 0.25) is 0 Å². The van der Waals surface area contributed by atoms with Crippen molar-refractivity contribution >= 4 is 11.8 Å². The van der Waals surface area contributed by atoms with Gasteiger partial charge in [-0.15, -0.1) is 0 Å². The molecule has 0 aliphatic rings.